The van der Waals surface area contributed by atoms with Gasteiger partial charge in [0.05, 0.1) is 4.90 Å². The first kappa shape index (κ1) is 16.3. The van der Waals surface area contributed by atoms with Crippen molar-refractivity contribution < 1.29 is 8.42 Å². The van der Waals surface area contributed by atoms with Crippen LogP contribution >= 0.6 is 27.7 Å². The molecule has 1 heterocycles. The molecule has 0 aromatic heterocycles. The van der Waals surface area contributed by atoms with Crippen molar-refractivity contribution in [3.63, 3.8) is 0 Å². The van der Waals surface area contributed by atoms with E-state index in [9.17, 15) is 8.42 Å². The van der Waals surface area contributed by atoms with Crippen LogP contribution in [0.4, 0.5) is 0 Å². The number of thioether (sulfide) groups is 1. The molecule has 1 atom stereocenters. The van der Waals surface area contributed by atoms with Gasteiger partial charge in [-0.05, 0) is 52.2 Å². The zero-order valence-electron chi connectivity index (χ0n) is 11.1. The highest BCUT2D eigenvalue weighted by atomic mass is 79.9. The van der Waals surface area contributed by atoms with Crippen molar-refractivity contribution in [1.29, 1.82) is 0 Å². The van der Waals surface area contributed by atoms with Crippen LogP contribution in [0.3, 0.4) is 0 Å². The van der Waals surface area contributed by atoms with Crippen LogP contribution in [0.5, 0.6) is 0 Å². The number of benzene rings is 1. The van der Waals surface area contributed by atoms with E-state index < -0.39 is 10.0 Å². The summed E-state index contributed by atoms with van der Waals surface area (Å²) in [5, 5.41) is 0.389. The maximum Gasteiger partial charge on any atom is 0.241 e. The first-order valence-electron chi connectivity index (χ1n) is 6.62. The maximum atomic E-state index is 12.3. The third-order valence-corrected chi connectivity index (χ3v) is 7.09. The molecule has 1 aliphatic rings. The molecule has 112 valence electrons. The summed E-state index contributed by atoms with van der Waals surface area (Å²) < 4.78 is 27.9. The molecule has 0 amide bonds. The van der Waals surface area contributed by atoms with Crippen LogP contribution in [0, 0.1) is 0 Å². The third kappa shape index (κ3) is 4.21. The zero-order chi connectivity index (χ0) is 14.6. The van der Waals surface area contributed by atoms with Gasteiger partial charge in [0.1, 0.15) is 0 Å². The minimum atomic E-state index is -3.47. The topological polar surface area (TPSA) is 72.2 Å². The van der Waals surface area contributed by atoms with E-state index >= 15 is 0 Å². The minimum Gasteiger partial charge on any atom is -0.326 e. The number of rotatable bonds is 5. The number of hydrogen-bond donors (Lipinski definition) is 2. The molecule has 0 saturated carbocycles. The van der Waals surface area contributed by atoms with E-state index in [2.05, 4.69) is 20.7 Å². The summed E-state index contributed by atoms with van der Waals surface area (Å²) in [6.07, 6.45) is 3.51. The van der Waals surface area contributed by atoms with E-state index in [0.29, 0.717) is 22.8 Å². The Kier molecular flexibility index (Phi) is 5.92. The van der Waals surface area contributed by atoms with Gasteiger partial charge in [0.2, 0.25) is 10.0 Å². The Labute approximate surface area is 133 Å². The summed E-state index contributed by atoms with van der Waals surface area (Å²) in [7, 11) is -3.47. The molecular formula is C13H19BrN2O2S2. The van der Waals surface area contributed by atoms with Crippen molar-refractivity contribution in [2.75, 3.05) is 12.3 Å². The van der Waals surface area contributed by atoms with E-state index in [1.165, 1.54) is 12.8 Å². The van der Waals surface area contributed by atoms with E-state index in [4.69, 9.17) is 5.73 Å². The van der Waals surface area contributed by atoms with E-state index in [0.717, 1.165) is 17.7 Å². The molecule has 0 bridgehead atoms. The van der Waals surface area contributed by atoms with Gasteiger partial charge in [0, 0.05) is 22.8 Å². The Hall–Kier alpha value is -0.0800. The molecule has 1 fully saturated rings. The van der Waals surface area contributed by atoms with Crippen LogP contribution in [0.15, 0.2) is 27.6 Å². The van der Waals surface area contributed by atoms with Crippen LogP contribution in [0.2, 0.25) is 0 Å². The number of sulfonamides is 1. The Morgan fingerprint density at radius 2 is 2.20 bits per heavy atom. The molecule has 1 aliphatic heterocycles. The van der Waals surface area contributed by atoms with E-state index in [-0.39, 0.29) is 4.90 Å². The summed E-state index contributed by atoms with van der Waals surface area (Å²) in [5.41, 5.74) is 6.45. The second-order valence-electron chi connectivity index (χ2n) is 4.81. The Bertz CT molecular complexity index is 557. The smallest absolute Gasteiger partial charge is 0.241 e. The van der Waals surface area contributed by atoms with Crippen molar-refractivity contribution in [2.24, 2.45) is 5.73 Å². The average molecular weight is 379 g/mol. The zero-order valence-corrected chi connectivity index (χ0v) is 14.4. The van der Waals surface area contributed by atoms with Crippen molar-refractivity contribution in [3.05, 3.63) is 28.2 Å². The van der Waals surface area contributed by atoms with Crippen LogP contribution < -0.4 is 10.5 Å². The molecule has 2 rings (SSSR count). The monoisotopic (exact) mass is 378 g/mol. The van der Waals surface area contributed by atoms with Gasteiger partial charge in [-0.15, -0.1) is 0 Å². The molecule has 0 aliphatic carbocycles. The molecule has 7 heteroatoms. The molecule has 0 spiro atoms. The molecule has 1 saturated heterocycles. The van der Waals surface area contributed by atoms with Crippen LogP contribution in [0.1, 0.15) is 24.8 Å². The molecule has 1 aromatic rings. The molecule has 3 N–H and O–H groups in total. The van der Waals surface area contributed by atoms with Gasteiger partial charge < -0.3 is 5.73 Å². The SMILES string of the molecule is NCc1ccc(S(=O)(=O)NCC2CCCCS2)c(Br)c1. The number of halogens is 1. The normalized spacial score (nSPS) is 20.0. The first-order valence-corrected chi connectivity index (χ1v) is 9.95. The lowest BCUT2D eigenvalue weighted by Gasteiger charge is -2.21. The standard InChI is InChI=1S/C13H19BrN2O2S2/c14-12-7-10(8-15)4-5-13(12)20(17,18)16-9-11-3-1-2-6-19-11/h4-5,7,11,16H,1-3,6,8-9,15H2. The number of hydrogen-bond acceptors (Lipinski definition) is 4. The fourth-order valence-corrected chi connectivity index (χ4v) is 5.69. The highest BCUT2D eigenvalue weighted by Crippen LogP contribution is 2.26. The van der Waals surface area contributed by atoms with Gasteiger partial charge in [-0.25, -0.2) is 13.1 Å². The molecule has 4 nitrogen and oxygen atoms in total. The van der Waals surface area contributed by atoms with Crippen molar-refractivity contribution in [3.8, 4) is 0 Å². The van der Waals surface area contributed by atoms with Gasteiger partial charge in [0.15, 0.2) is 0 Å². The van der Waals surface area contributed by atoms with Gasteiger partial charge in [-0.2, -0.15) is 11.8 Å². The highest BCUT2D eigenvalue weighted by Gasteiger charge is 2.21. The van der Waals surface area contributed by atoms with Crippen molar-refractivity contribution in [2.45, 2.75) is 36.0 Å². The van der Waals surface area contributed by atoms with Crippen LogP contribution in [0.25, 0.3) is 0 Å². The molecule has 0 radical (unpaired) electrons. The minimum absolute atomic E-state index is 0.274. The van der Waals surface area contributed by atoms with Gasteiger partial charge in [0.25, 0.3) is 0 Å². The summed E-state index contributed by atoms with van der Waals surface area (Å²) in [5.74, 6) is 1.13. The molecule has 20 heavy (non-hydrogen) atoms. The number of nitrogens with two attached hydrogens (primary N) is 1. The predicted octanol–water partition coefficient (Wildman–Crippen LogP) is 2.47. The lowest BCUT2D eigenvalue weighted by atomic mass is 10.2. The summed E-state index contributed by atoms with van der Waals surface area (Å²) in [6, 6.07) is 5.10. The first-order chi connectivity index (χ1) is 9.53. The molecule has 1 unspecified atom stereocenters. The predicted molar refractivity (Wildman–Crippen MR) is 87.3 cm³/mol. The largest absolute Gasteiger partial charge is 0.326 e. The lowest BCUT2D eigenvalue weighted by Crippen LogP contribution is -2.32. The van der Waals surface area contributed by atoms with Crippen molar-refractivity contribution in [1.82, 2.24) is 4.72 Å². The quantitative estimate of drug-likeness (QED) is 0.825. The Balaban J connectivity index is 2.05. The Morgan fingerprint density at radius 1 is 1.40 bits per heavy atom. The Morgan fingerprint density at radius 3 is 2.80 bits per heavy atom. The van der Waals surface area contributed by atoms with E-state index in [1.807, 2.05) is 11.8 Å². The third-order valence-electron chi connectivity index (χ3n) is 3.30. The summed E-state index contributed by atoms with van der Waals surface area (Å²) in [4.78, 5) is 0.274. The fraction of sp³-hybridized carbons (Fsp3) is 0.538. The van der Waals surface area contributed by atoms with E-state index in [1.54, 1.807) is 18.2 Å². The summed E-state index contributed by atoms with van der Waals surface area (Å²) >= 11 is 5.16. The highest BCUT2D eigenvalue weighted by molar-refractivity contribution is 9.10. The van der Waals surface area contributed by atoms with Gasteiger partial charge in [-0.3, -0.25) is 0 Å². The maximum absolute atomic E-state index is 12.3. The second-order valence-corrected chi connectivity index (χ2v) is 8.81. The van der Waals surface area contributed by atoms with Gasteiger partial charge >= 0.3 is 0 Å². The van der Waals surface area contributed by atoms with Crippen LogP contribution in [-0.2, 0) is 16.6 Å². The van der Waals surface area contributed by atoms with Crippen molar-refractivity contribution >= 4 is 37.7 Å². The van der Waals surface area contributed by atoms with Crippen LogP contribution in [-0.4, -0.2) is 26.0 Å². The summed E-state index contributed by atoms with van der Waals surface area (Å²) in [6.45, 7) is 0.892. The molecular weight excluding hydrogens is 360 g/mol. The number of nitrogens with one attached hydrogen (secondary N) is 1. The van der Waals surface area contributed by atoms with Gasteiger partial charge in [-0.1, -0.05) is 12.5 Å². The fourth-order valence-electron chi connectivity index (χ4n) is 2.14. The molecule has 1 aromatic carbocycles. The second kappa shape index (κ2) is 7.26. The lowest BCUT2D eigenvalue weighted by molar-refractivity contribution is 0.573. The average Bonchev–Trinajstić information content (AvgIpc) is 2.46.